The molecule has 1 aromatic carbocycles. The van der Waals surface area contributed by atoms with Crippen LogP contribution in [0.15, 0.2) is 54.7 Å². The minimum Gasteiger partial charge on any atom is -0.282 e. The third-order valence-electron chi connectivity index (χ3n) is 3.36. The lowest BCUT2D eigenvalue weighted by Gasteiger charge is -1.98. The number of halogens is 1. The van der Waals surface area contributed by atoms with Crippen LogP contribution in [0, 0.1) is 17.7 Å². The van der Waals surface area contributed by atoms with Crippen LogP contribution in [0.5, 0.6) is 0 Å². The van der Waals surface area contributed by atoms with Gasteiger partial charge in [-0.25, -0.2) is 9.37 Å². The third-order valence-corrected chi connectivity index (χ3v) is 3.36. The molecule has 114 valence electrons. The maximum atomic E-state index is 13.2. The molecule has 1 N–H and O–H groups in total. The Kier molecular flexibility index (Phi) is 4.80. The number of aromatic nitrogens is 3. The van der Waals surface area contributed by atoms with Gasteiger partial charge in [0.1, 0.15) is 11.5 Å². The number of aryl methyl sites for hydroxylation is 1. The summed E-state index contributed by atoms with van der Waals surface area (Å²) in [5.41, 5.74) is 3.64. The number of rotatable bonds is 4. The Bertz CT molecular complexity index is 828. The van der Waals surface area contributed by atoms with Crippen LogP contribution >= 0.6 is 0 Å². The molecule has 0 unspecified atom stereocenters. The summed E-state index contributed by atoms with van der Waals surface area (Å²) in [4.78, 5) is 4.16. The Morgan fingerprint density at radius 2 is 2.04 bits per heavy atom. The van der Waals surface area contributed by atoms with Gasteiger partial charge in [-0.05, 0) is 41.8 Å². The fraction of sp³-hybridized carbons (Fsp3) is 0.158. The molecule has 0 aliphatic carbocycles. The van der Waals surface area contributed by atoms with Crippen molar-refractivity contribution in [3.05, 3.63) is 83.2 Å². The number of hydrogen-bond acceptors (Lipinski definition) is 2. The van der Waals surface area contributed by atoms with E-state index in [-0.39, 0.29) is 5.82 Å². The smallest absolute Gasteiger partial charge is 0.123 e. The lowest BCUT2D eigenvalue weighted by molar-refractivity contribution is 0.626. The Labute approximate surface area is 134 Å². The Morgan fingerprint density at radius 1 is 1.09 bits per heavy atom. The van der Waals surface area contributed by atoms with Crippen LogP contribution in [0.4, 0.5) is 4.39 Å². The Morgan fingerprint density at radius 3 is 2.87 bits per heavy atom. The molecule has 3 rings (SSSR count). The number of benzene rings is 1. The third kappa shape index (κ3) is 4.52. The number of pyridine rings is 1. The van der Waals surface area contributed by atoms with Crippen LogP contribution in [0.25, 0.3) is 0 Å². The van der Waals surface area contributed by atoms with Crippen LogP contribution < -0.4 is 0 Å². The van der Waals surface area contributed by atoms with Crippen molar-refractivity contribution in [1.29, 1.82) is 0 Å². The molecule has 0 aliphatic heterocycles. The molecule has 23 heavy (non-hydrogen) atoms. The van der Waals surface area contributed by atoms with Gasteiger partial charge >= 0.3 is 0 Å². The summed E-state index contributed by atoms with van der Waals surface area (Å²) < 4.78 is 13.2. The average Bonchev–Trinajstić information content (AvgIpc) is 3.00. The summed E-state index contributed by atoms with van der Waals surface area (Å²) in [6, 6.07) is 14.3. The summed E-state index contributed by atoms with van der Waals surface area (Å²) in [6.07, 6.45) is 3.88. The number of nitrogens with one attached hydrogen (secondary N) is 1. The Balaban J connectivity index is 1.54. The second-order valence-electron chi connectivity index (χ2n) is 5.21. The van der Waals surface area contributed by atoms with E-state index in [1.54, 1.807) is 18.3 Å². The van der Waals surface area contributed by atoms with Crippen molar-refractivity contribution >= 4 is 0 Å². The van der Waals surface area contributed by atoms with E-state index in [1.165, 1.54) is 6.07 Å². The van der Waals surface area contributed by atoms with E-state index in [2.05, 4.69) is 27.0 Å². The second-order valence-corrected chi connectivity index (χ2v) is 5.21. The first-order valence-corrected chi connectivity index (χ1v) is 7.47. The molecule has 0 saturated carbocycles. The fourth-order valence-corrected chi connectivity index (χ4v) is 2.28. The summed E-state index contributed by atoms with van der Waals surface area (Å²) in [5, 5.41) is 7.28. The highest BCUT2D eigenvalue weighted by Gasteiger charge is 2.03. The highest BCUT2D eigenvalue weighted by atomic mass is 19.1. The lowest BCUT2D eigenvalue weighted by atomic mass is 10.1. The van der Waals surface area contributed by atoms with Crippen molar-refractivity contribution in [2.75, 3.05) is 0 Å². The molecular formula is C19H16FN3. The van der Waals surface area contributed by atoms with Gasteiger partial charge in [0, 0.05) is 31.2 Å². The second kappa shape index (κ2) is 7.37. The molecular weight excluding hydrogens is 289 g/mol. The predicted molar refractivity (Wildman–Crippen MR) is 87.2 cm³/mol. The number of nitrogens with zero attached hydrogens (tertiary/aromatic N) is 2. The van der Waals surface area contributed by atoms with Gasteiger partial charge in [0.05, 0.1) is 5.69 Å². The van der Waals surface area contributed by atoms with Crippen molar-refractivity contribution in [2.24, 2.45) is 0 Å². The van der Waals surface area contributed by atoms with Crippen LogP contribution in [0.1, 0.15) is 29.1 Å². The molecule has 3 nitrogen and oxygen atoms in total. The summed E-state index contributed by atoms with van der Waals surface area (Å²) in [7, 11) is 0. The summed E-state index contributed by atoms with van der Waals surface area (Å²) in [6.45, 7) is 0. The fourth-order valence-electron chi connectivity index (χ4n) is 2.28. The van der Waals surface area contributed by atoms with E-state index in [9.17, 15) is 4.39 Å². The van der Waals surface area contributed by atoms with Crippen molar-refractivity contribution in [3.63, 3.8) is 0 Å². The minimum absolute atomic E-state index is 0.216. The molecule has 2 heterocycles. The summed E-state index contributed by atoms with van der Waals surface area (Å²) in [5.74, 6) is 5.91. The lowest BCUT2D eigenvalue weighted by Crippen LogP contribution is -1.89. The first kappa shape index (κ1) is 15.0. The molecule has 0 amide bonds. The molecule has 0 radical (unpaired) electrons. The van der Waals surface area contributed by atoms with Crippen LogP contribution in [-0.4, -0.2) is 15.2 Å². The zero-order chi connectivity index (χ0) is 15.9. The zero-order valence-corrected chi connectivity index (χ0v) is 12.6. The van der Waals surface area contributed by atoms with Crippen LogP contribution in [0.3, 0.4) is 0 Å². The molecule has 0 fully saturated rings. The van der Waals surface area contributed by atoms with E-state index in [0.29, 0.717) is 6.42 Å². The van der Waals surface area contributed by atoms with Crippen molar-refractivity contribution in [3.8, 4) is 11.8 Å². The molecule has 0 spiro atoms. The number of H-pyrrole nitrogens is 1. The van der Waals surface area contributed by atoms with Gasteiger partial charge in [0.2, 0.25) is 0 Å². The topological polar surface area (TPSA) is 41.6 Å². The highest BCUT2D eigenvalue weighted by molar-refractivity contribution is 5.27. The molecule has 2 aromatic heterocycles. The van der Waals surface area contributed by atoms with Gasteiger partial charge < -0.3 is 0 Å². The molecule has 0 saturated heterocycles. The monoisotopic (exact) mass is 305 g/mol. The first-order valence-electron chi connectivity index (χ1n) is 7.47. The van der Waals surface area contributed by atoms with Crippen LogP contribution in [0.2, 0.25) is 0 Å². The standard InChI is InChI=1S/C19H16FN3/c20-16-7-5-6-15(12-16)13-19-14-18(22-23-19)10-2-1-8-17-9-3-4-11-21-17/h3-7,9,11-12,14H,2,10,13H2,(H,22,23). The van der Waals surface area contributed by atoms with Crippen molar-refractivity contribution in [2.45, 2.75) is 19.3 Å². The molecule has 3 aromatic rings. The molecule has 0 bridgehead atoms. The zero-order valence-electron chi connectivity index (χ0n) is 12.6. The van der Waals surface area contributed by atoms with Gasteiger partial charge in [0.15, 0.2) is 0 Å². The maximum absolute atomic E-state index is 13.2. The van der Waals surface area contributed by atoms with E-state index in [4.69, 9.17) is 0 Å². The van der Waals surface area contributed by atoms with Crippen molar-refractivity contribution < 1.29 is 4.39 Å². The van der Waals surface area contributed by atoms with Gasteiger partial charge in [-0.2, -0.15) is 5.10 Å². The van der Waals surface area contributed by atoms with E-state index in [0.717, 1.165) is 35.5 Å². The first-order chi connectivity index (χ1) is 11.3. The normalized spacial score (nSPS) is 10.1. The van der Waals surface area contributed by atoms with Crippen LogP contribution in [-0.2, 0) is 12.8 Å². The van der Waals surface area contributed by atoms with Gasteiger partial charge in [-0.1, -0.05) is 24.1 Å². The Hall–Kier alpha value is -2.93. The number of aromatic amines is 1. The van der Waals surface area contributed by atoms with Gasteiger partial charge in [0.25, 0.3) is 0 Å². The molecule has 0 atom stereocenters. The average molecular weight is 305 g/mol. The predicted octanol–water partition coefficient (Wildman–Crippen LogP) is 3.52. The van der Waals surface area contributed by atoms with E-state index < -0.39 is 0 Å². The number of hydrogen-bond donors (Lipinski definition) is 1. The SMILES string of the molecule is Fc1cccc(Cc2cc(CCC#Cc3ccccn3)n[nH]2)c1. The van der Waals surface area contributed by atoms with E-state index >= 15 is 0 Å². The molecule has 4 heteroatoms. The van der Waals surface area contributed by atoms with E-state index in [1.807, 2.05) is 30.3 Å². The largest absolute Gasteiger partial charge is 0.282 e. The summed E-state index contributed by atoms with van der Waals surface area (Å²) >= 11 is 0. The van der Waals surface area contributed by atoms with Gasteiger partial charge in [-0.3, -0.25) is 5.10 Å². The quantitative estimate of drug-likeness (QED) is 0.749. The maximum Gasteiger partial charge on any atom is 0.123 e. The minimum atomic E-state index is -0.216. The highest BCUT2D eigenvalue weighted by Crippen LogP contribution is 2.11. The van der Waals surface area contributed by atoms with Crippen molar-refractivity contribution in [1.82, 2.24) is 15.2 Å². The molecule has 0 aliphatic rings. The van der Waals surface area contributed by atoms with Gasteiger partial charge in [-0.15, -0.1) is 0 Å².